The predicted octanol–water partition coefficient (Wildman–Crippen LogP) is 1.42. The molecular weight excluding hydrogens is 252 g/mol. The van der Waals surface area contributed by atoms with Crippen molar-refractivity contribution in [3.05, 3.63) is 35.4 Å². The molecular formula is C16H22N2O2. The molecule has 1 saturated heterocycles. The predicted molar refractivity (Wildman–Crippen MR) is 77.4 cm³/mol. The van der Waals surface area contributed by atoms with Crippen molar-refractivity contribution in [2.24, 2.45) is 5.41 Å². The summed E-state index contributed by atoms with van der Waals surface area (Å²) in [5.74, 6) is 0.131. The molecule has 1 aromatic carbocycles. The van der Waals surface area contributed by atoms with Crippen LogP contribution in [0.15, 0.2) is 24.3 Å². The third kappa shape index (κ3) is 2.34. The van der Waals surface area contributed by atoms with E-state index in [2.05, 4.69) is 28.8 Å². The zero-order valence-corrected chi connectivity index (χ0v) is 11.9. The number of methoxy groups -OCH3 is 1. The Bertz CT molecular complexity index is 495. The standard InChI is InChI=1S/C16H22N2O2/c1-20-11-16(8-9-17-10-16)15(19)18-14-7-6-12-4-2-3-5-13(12)14/h2-5,14,17H,6-11H2,1H3,(H,18,19). The maximum Gasteiger partial charge on any atom is 0.230 e. The van der Waals surface area contributed by atoms with Crippen LogP contribution in [0.25, 0.3) is 0 Å². The van der Waals surface area contributed by atoms with Crippen LogP contribution >= 0.6 is 0 Å². The van der Waals surface area contributed by atoms with Crippen molar-refractivity contribution in [3.8, 4) is 0 Å². The fourth-order valence-electron chi connectivity index (χ4n) is 3.42. The molecule has 20 heavy (non-hydrogen) atoms. The molecule has 0 spiro atoms. The van der Waals surface area contributed by atoms with Crippen LogP contribution in [0.3, 0.4) is 0 Å². The van der Waals surface area contributed by atoms with Gasteiger partial charge in [0, 0.05) is 13.7 Å². The quantitative estimate of drug-likeness (QED) is 0.873. The minimum absolute atomic E-state index is 0.131. The van der Waals surface area contributed by atoms with Crippen LogP contribution in [0.4, 0.5) is 0 Å². The van der Waals surface area contributed by atoms with Crippen LogP contribution in [0.2, 0.25) is 0 Å². The van der Waals surface area contributed by atoms with Gasteiger partial charge in [0.1, 0.15) is 0 Å². The molecule has 1 amide bonds. The zero-order valence-electron chi connectivity index (χ0n) is 11.9. The number of amides is 1. The highest BCUT2D eigenvalue weighted by Gasteiger charge is 2.42. The Hall–Kier alpha value is -1.39. The number of carbonyl (C=O) groups is 1. The molecule has 2 unspecified atom stereocenters. The lowest BCUT2D eigenvalue weighted by Gasteiger charge is -2.28. The van der Waals surface area contributed by atoms with Crippen LogP contribution in [-0.2, 0) is 16.0 Å². The van der Waals surface area contributed by atoms with Crippen LogP contribution in [0.1, 0.15) is 30.0 Å². The van der Waals surface area contributed by atoms with Gasteiger partial charge in [0.2, 0.25) is 5.91 Å². The largest absolute Gasteiger partial charge is 0.384 e. The molecule has 0 aromatic heterocycles. The topological polar surface area (TPSA) is 50.4 Å². The molecule has 1 aliphatic heterocycles. The summed E-state index contributed by atoms with van der Waals surface area (Å²) in [5, 5.41) is 6.53. The first-order valence-electron chi connectivity index (χ1n) is 7.34. The van der Waals surface area contributed by atoms with Gasteiger partial charge in [-0.25, -0.2) is 0 Å². The van der Waals surface area contributed by atoms with Gasteiger partial charge in [-0.2, -0.15) is 0 Å². The van der Waals surface area contributed by atoms with Gasteiger partial charge in [0.15, 0.2) is 0 Å². The van der Waals surface area contributed by atoms with Crippen molar-refractivity contribution >= 4 is 5.91 Å². The molecule has 4 nitrogen and oxygen atoms in total. The van der Waals surface area contributed by atoms with E-state index in [-0.39, 0.29) is 11.9 Å². The van der Waals surface area contributed by atoms with E-state index in [0.717, 1.165) is 25.8 Å². The van der Waals surface area contributed by atoms with Crippen molar-refractivity contribution in [1.29, 1.82) is 0 Å². The summed E-state index contributed by atoms with van der Waals surface area (Å²) < 4.78 is 5.28. The van der Waals surface area contributed by atoms with Gasteiger partial charge < -0.3 is 15.4 Å². The lowest BCUT2D eigenvalue weighted by molar-refractivity contribution is -0.133. The number of rotatable bonds is 4. The van der Waals surface area contributed by atoms with Gasteiger partial charge in [-0.15, -0.1) is 0 Å². The maximum absolute atomic E-state index is 12.7. The molecule has 2 N–H and O–H groups in total. The molecule has 1 aliphatic carbocycles. The third-order valence-electron chi connectivity index (χ3n) is 4.58. The fourth-order valence-corrected chi connectivity index (χ4v) is 3.42. The van der Waals surface area contributed by atoms with Gasteiger partial charge in [0.05, 0.1) is 18.1 Å². The van der Waals surface area contributed by atoms with Crippen molar-refractivity contribution in [2.75, 3.05) is 26.8 Å². The number of fused-ring (bicyclic) bond motifs is 1. The van der Waals surface area contributed by atoms with Crippen molar-refractivity contribution < 1.29 is 9.53 Å². The minimum Gasteiger partial charge on any atom is -0.384 e. The summed E-state index contributed by atoms with van der Waals surface area (Å²) in [6.07, 6.45) is 2.90. The Kier molecular flexibility index (Phi) is 3.76. The molecule has 3 rings (SSSR count). The molecule has 0 bridgehead atoms. The van der Waals surface area contributed by atoms with E-state index in [9.17, 15) is 4.79 Å². The summed E-state index contributed by atoms with van der Waals surface area (Å²) in [5.41, 5.74) is 2.24. The minimum atomic E-state index is -0.397. The highest BCUT2D eigenvalue weighted by Crippen LogP contribution is 2.33. The zero-order chi connectivity index (χ0) is 14.0. The first-order chi connectivity index (χ1) is 9.75. The smallest absolute Gasteiger partial charge is 0.230 e. The monoisotopic (exact) mass is 274 g/mol. The summed E-state index contributed by atoms with van der Waals surface area (Å²) >= 11 is 0. The summed E-state index contributed by atoms with van der Waals surface area (Å²) in [7, 11) is 1.66. The molecule has 0 saturated carbocycles. The second-order valence-electron chi connectivity index (χ2n) is 5.90. The van der Waals surface area contributed by atoms with Crippen LogP contribution in [-0.4, -0.2) is 32.7 Å². The molecule has 4 heteroatoms. The highest BCUT2D eigenvalue weighted by atomic mass is 16.5. The fraction of sp³-hybridized carbons (Fsp3) is 0.562. The molecule has 2 atom stereocenters. The second-order valence-corrected chi connectivity index (χ2v) is 5.90. The van der Waals surface area contributed by atoms with E-state index in [1.165, 1.54) is 11.1 Å². The number of nitrogens with one attached hydrogen (secondary N) is 2. The summed E-state index contributed by atoms with van der Waals surface area (Å²) in [4.78, 5) is 12.7. The summed E-state index contributed by atoms with van der Waals surface area (Å²) in [6, 6.07) is 8.56. The molecule has 108 valence electrons. The molecule has 2 aliphatic rings. The van der Waals surface area contributed by atoms with Crippen molar-refractivity contribution in [3.63, 3.8) is 0 Å². The van der Waals surface area contributed by atoms with E-state index >= 15 is 0 Å². The average molecular weight is 274 g/mol. The van der Waals surface area contributed by atoms with Crippen LogP contribution < -0.4 is 10.6 Å². The van der Waals surface area contributed by atoms with Crippen LogP contribution in [0, 0.1) is 5.41 Å². The summed E-state index contributed by atoms with van der Waals surface area (Å²) in [6.45, 7) is 2.08. The lowest BCUT2D eigenvalue weighted by atomic mass is 9.86. The highest BCUT2D eigenvalue weighted by molar-refractivity contribution is 5.84. The molecule has 1 fully saturated rings. The normalized spacial score (nSPS) is 28.4. The van der Waals surface area contributed by atoms with Gasteiger partial charge in [-0.05, 0) is 36.9 Å². The molecule has 0 radical (unpaired) electrons. The number of hydrogen-bond acceptors (Lipinski definition) is 3. The first kappa shape index (κ1) is 13.6. The van der Waals surface area contributed by atoms with Gasteiger partial charge in [0.25, 0.3) is 0 Å². The van der Waals surface area contributed by atoms with E-state index < -0.39 is 5.41 Å². The van der Waals surface area contributed by atoms with E-state index in [1.807, 2.05) is 6.07 Å². The molecule has 1 heterocycles. The third-order valence-corrected chi connectivity index (χ3v) is 4.58. The average Bonchev–Trinajstić information content (AvgIpc) is 3.08. The second kappa shape index (κ2) is 5.54. The molecule has 1 aromatic rings. The van der Waals surface area contributed by atoms with E-state index in [0.29, 0.717) is 13.2 Å². The number of ether oxygens (including phenoxy) is 1. The van der Waals surface area contributed by atoms with Gasteiger partial charge in [-0.3, -0.25) is 4.79 Å². The Labute approximate surface area is 119 Å². The lowest BCUT2D eigenvalue weighted by Crippen LogP contribution is -2.46. The van der Waals surface area contributed by atoms with Crippen molar-refractivity contribution in [1.82, 2.24) is 10.6 Å². The van der Waals surface area contributed by atoms with E-state index in [1.54, 1.807) is 7.11 Å². The SMILES string of the molecule is COCC1(C(=O)NC2CCc3ccccc32)CCNC1. The Balaban J connectivity index is 1.73. The Morgan fingerprint density at radius 3 is 3.10 bits per heavy atom. The van der Waals surface area contributed by atoms with Crippen molar-refractivity contribution in [2.45, 2.75) is 25.3 Å². The number of hydrogen-bond donors (Lipinski definition) is 2. The van der Waals surface area contributed by atoms with E-state index in [4.69, 9.17) is 4.74 Å². The number of carbonyl (C=O) groups excluding carboxylic acids is 1. The maximum atomic E-state index is 12.7. The van der Waals surface area contributed by atoms with Gasteiger partial charge in [-0.1, -0.05) is 24.3 Å². The first-order valence-corrected chi connectivity index (χ1v) is 7.34. The van der Waals surface area contributed by atoms with Crippen LogP contribution in [0.5, 0.6) is 0 Å². The Morgan fingerprint density at radius 2 is 2.35 bits per heavy atom. The number of aryl methyl sites for hydroxylation is 1. The Morgan fingerprint density at radius 1 is 1.50 bits per heavy atom. The number of benzene rings is 1. The van der Waals surface area contributed by atoms with Gasteiger partial charge >= 0.3 is 0 Å².